The maximum Gasteiger partial charge on any atom is 2.00 e. The Hall–Kier alpha value is -4.86. The monoisotopic (exact) mass is 740 g/mol. The van der Waals surface area contributed by atoms with Crippen molar-refractivity contribution in [2.24, 2.45) is 0 Å². The van der Waals surface area contributed by atoms with Gasteiger partial charge < -0.3 is 19.1 Å². The second-order valence-corrected chi connectivity index (χ2v) is 10.2. The van der Waals surface area contributed by atoms with E-state index in [2.05, 4.69) is 53.1 Å². The van der Waals surface area contributed by atoms with E-state index in [1.54, 1.807) is 0 Å². The van der Waals surface area contributed by atoms with Crippen LogP contribution in [0, 0.1) is 12.1 Å². The van der Waals surface area contributed by atoms with Gasteiger partial charge in [0.25, 0.3) is 0 Å². The van der Waals surface area contributed by atoms with E-state index in [9.17, 15) is 0 Å². The predicted molar refractivity (Wildman–Crippen MR) is 170 cm³/mol. The van der Waals surface area contributed by atoms with Crippen LogP contribution < -0.4 is 14.5 Å². The number of benzene rings is 5. The van der Waals surface area contributed by atoms with Gasteiger partial charge in [0.15, 0.2) is 0 Å². The number of hydrogen-bond acceptors (Lipinski definition) is 4. The molecule has 1 aliphatic rings. The maximum atomic E-state index is 8.03. The van der Waals surface area contributed by atoms with Gasteiger partial charge in [-0.3, -0.25) is 0 Å². The number of aromatic nitrogens is 2. The zero-order valence-electron chi connectivity index (χ0n) is 25.8. The molecule has 0 radical (unpaired) electrons. The van der Waals surface area contributed by atoms with Crippen LogP contribution in [-0.4, -0.2) is 23.2 Å². The van der Waals surface area contributed by atoms with Gasteiger partial charge in [-0.25, -0.2) is 4.98 Å². The summed E-state index contributed by atoms with van der Waals surface area (Å²) < 4.78 is 32.6. The summed E-state index contributed by atoms with van der Waals surface area (Å²) in [6.07, 6.45) is 1.84. The number of rotatable bonds is 5. The van der Waals surface area contributed by atoms with Crippen molar-refractivity contribution in [1.82, 2.24) is 9.55 Å². The molecule has 1 aliphatic heterocycles. The summed E-state index contributed by atoms with van der Waals surface area (Å²) in [5.41, 5.74) is 6.25. The minimum atomic E-state index is -2.27. The van der Waals surface area contributed by atoms with Crippen molar-refractivity contribution in [2.75, 3.05) is 23.4 Å². The smallest absolute Gasteiger partial charge is 0.509 e. The van der Waals surface area contributed by atoms with Crippen LogP contribution in [0.2, 0.25) is 0 Å². The van der Waals surface area contributed by atoms with E-state index >= 15 is 0 Å². The summed E-state index contributed by atoms with van der Waals surface area (Å²) in [4.78, 5) is 8.12. The molecule has 0 atom stereocenters. The van der Waals surface area contributed by atoms with E-state index < -0.39 is 6.98 Å². The average molecular weight is 741 g/mol. The van der Waals surface area contributed by atoms with Crippen LogP contribution >= 0.6 is 0 Å². The van der Waals surface area contributed by atoms with Crippen LogP contribution in [-0.2, 0) is 21.1 Å². The standard InChI is InChI=1S/C37H26N4O.Pt/c1-39-25-40(35-17-8-7-16-34(35)39)28-12-9-13-29(23-28)42-30-18-19-32-31-14-5-6-15-33(31)41(36(32)24-30)37-22-27(20-21-38-37)26-10-3-2-4-11-26;/h2-22H,25H2,1H3;/q-2;+2/i1D3;. The molecular weight excluding hydrogens is 712 g/mol. The summed E-state index contributed by atoms with van der Waals surface area (Å²) >= 11 is 0. The quantitative estimate of drug-likeness (QED) is 0.165. The molecule has 0 unspecified atom stereocenters. The molecule has 0 N–H and O–H groups in total. The average Bonchev–Trinajstić information content (AvgIpc) is 3.62. The van der Waals surface area contributed by atoms with Crippen LogP contribution in [0.5, 0.6) is 11.5 Å². The molecule has 0 aliphatic carbocycles. The number of pyridine rings is 1. The summed E-state index contributed by atoms with van der Waals surface area (Å²) in [7, 11) is 0. The van der Waals surface area contributed by atoms with E-state index in [0.29, 0.717) is 22.9 Å². The first-order valence-electron chi connectivity index (χ1n) is 15.3. The molecule has 5 aromatic carbocycles. The molecule has 5 nitrogen and oxygen atoms in total. The Morgan fingerprint density at radius 3 is 2.40 bits per heavy atom. The van der Waals surface area contributed by atoms with Crippen molar-refractivity contribution < 1.29 is 29.9 Å². The third-order valence-corrected chi connectivity index (χ3v) is 7.65. The minimum Gasteiger partial charge on any atom is -0.509 e. The molecular formula is C37H26N4OPt. The molecule has 0 saturated carbocycles. The van der Waals surface area contributed by atoms with Crippen LogP contribution in [0.3, 0.4) is 0 Å². The number of anilines is 3. The molecule has 3 heterocycles. The maximum absolute atomic E-state index is 8.03. The molecule has 0 fully saturated rings. The van der Waals surface area contributed by atoms with E-state index in [-0.39, 0.29) is 27.7 Å². The fourth-order valence-corrected chi connectivity index (χ4v) is 5.71. The van der Waals surface area contributed by atoms with Crippen molar-refractivity contribution in [1.29, 1.82) is 0 Å². The molecule has 0 bridgehead atoms. The van der Waals surface area contributed by atoms with Gasteiger partial charge in [0, 0.05) is 34.3 Å². The van der Waals surface area contributed by atoms with Gasteiger partial charge in [-0.05, 0) is 46.8 Å². The van der Waals surface area contributed by atoms with E-state index in [1.807, 2.05) is 96.0 Å². The predicted octanol–water partition coefficient (Wildman–Crippen LogP) is 8.78. The van der Waals surface area contributed by atoms with Crippen LogP contribution in [0.25, 0.3) is 38.8 Å². The number of fused-ring (bicyclic) bond motifs is 4. The van der Waals surface area contributed by atoms with Crippen molar-refractivity contribution in [2.45, 2.75) is 0 Å². The number of ether oxygens (including phenoxy) is 1. The summed E-state index contributed by atoms with van der Waals surface area (Å²) in [5, 5.41) is 2.14. The molecule has 0 saturated heterocycles. The third kappa shape index (κ3) is 4.76. The Bertz CT molecular complexity index is 2200. The van der Waals surface area contributed by atoms with Gasteiger partial charge in [-0.2, -0.15) is 12.1 Å². The first kappa shape index (κ1) is 23.7. The first-order valence-corrected chi connectivity index (χ1v) is 13.8. The topological polar surface area (TPSA) is 33.5 Å². The second-order valence-electron chi connectivity index (χ2n) is 10.2. The molecule has 210 valence electrons. The van der Waals surface area contributed by atoms with E-state index in [1.165, 1.54) is 4.90 Å². The zero-order valence-corrected chi connectivity index (χ0v) is 25.1. The Balaban J connectivity index is 0.00000338. The van der Waals surface area contributed by atoms with Gasteiger partial charge in [0.05, 0.1) is 18.0 Å². The first-order chi connectivity index (χ1) is 21.9. The summed E-state index contributed by atoms with van der Waals surface area (Å²) in [6.45, 7) is -2.08. The molecule has 0 amide bonds. The van der Waals surface area contributed by atoms with Crippen molar-refractivity contribution in [3.8, 4) is 28.4 Å². The van der Waals surface area contributed by atoms with Crippen LogP contribution in [0.4, 0.5) is 17.1 Å². The van der Waals surface area contributed by atoms with Crippen molar-refractivity contribution in [3.05, 3.63) is 140 Å². The fourth-order valence-electron chi connectivity index (χ4n) is 5.71. The Kier molecular flexibility index (Phi) is 6.10. The van der Waals surface area contributed by atoms with Gasteiger partial charge in [0.2, 0.25) is 0 Å². The van der Waals surface area contributed by atoms with Crippen molar-refractivity contribution >= 4 is 38.9 Å². The second kappa shape index (κ2) is 11.1. The number of para-hydroxylation sites is 3. The van der Waals surface area contributed by atoms with E-state index in [4.69, 9.17) is 13.8 Å². The van der Waals surface area contributed by atoms with Gasteiger partial charge in [-0.1, -0.05) is 71.9 Å². The molecule has 7 aromatic rings. The molecule has 0 spiro atoms. The Morgan fingerprint density at radius 2 is 1.51 bits per heavy atom. The Morgan fingerprint density at radius 1 is 0.721 bits per heavy atom. The molecule has 6 heteroatoms. The van der Waals surface area contributed by atoms with E-state index in [0.717, 1.165) is 44.4 Å². The Labute approximate surface area is 269 Å². The molecule has 2 aromatic heterocycles. The van der Waals surface area contributed by atoms with Gasteiger partial charge in [0.1, 0.15) is 5.82 Å². The normalized spacial score (nSPS) is 13.7. The third-order valence-electron chi connectivity index (χ3n) is 7.65. The number of hydrogen-bond donors (Lipinski definition) is 0. The van der Waals surface area contributed by atoms with Gasteiger partial charge >= 0.3 is 21.1 Å². The molecule has 43 heavy (non-hydrogen) atoms. The zero-order chi connectivity index (χ0) is 30.5. The summed E-state index contributed by atoms with van der Waals surface area (Å²) in [6, 6.07) is 46.6. The van der Waals surface area contributed by atoms with Gasteiger partial charge in [-0.15, -0.1) is 35.7 Å². The SMILES string of the molecule is [2H]C([2H])([2H])N1CN(c2[c-]c(Oc3[c-]c4c(cc3)c3ccccc3n4-c3cc(-c4ccccc4)ccn3)ccc2)c2ccccc21.[Pt+2]. The molecule has 8 rings (SSSR count). The summed E-state index contributed by atoms with van der Waals surface area (Å²) in [5.74, 6) is 1.82. The number of nitrogens with zero attached hydrogens (tertiary/aromatic N) is 4. The van der Waals surface area contributed by atoms with Crippen LogP contribution in [0.1, 0.15) is 4.11 Å². The fraction of sp³-hybridized carbons (Fsp3) is 0.0541. The minimum absolute atomic E-state index is 0. The largest absolute Gasteiger partial charge is 2.00 e. The van der Waals surface area contributed by atoms with Crippen LogP contribution in [0.15, 0.2) is 128 Å². The van der Waals surface area contributed by atoms with Crippen molar-refractivity contribution in [3.63, 3.8) is 0 Å².